The quantitative estimate of drug-likeness (QED) is 0.253. The van der Waals surface area contributed by atoms with Crippen LogP contribution in [-0.4, -0.2) is 48.5 Å². The molecule has 0 amide bonds. The van der Waals surface area contributed by atoms with Crippen molar-refractivity contribution in [2.24, 2.45) is 4.99 Å². The van der Waals surface area contributed by atoms with Gasteiger partial charge in [-0.25, -0.2) is 14.6 Å². The molecule has 0 spiro atoms. The standard InChI is InChI=1S/C34H35N3O7S/c1-8-43-32(39)22-10-13-25(14-11-22)36-19(3)16-24(21(36)5)18-28-31(38)37-30(23-12-15-26(41-6)27(17-23)42-7)29(33(40)44-9-2)20(4)35-34(37)45-28/h10-18,30H,8-9H2,1-7H3/b28-18-/t30-/m0/s1. The Hall–Kier alpha value is -4.90. The summed E-state index contributed by atoms with van der Waals surface area (Å²) in [6.07, 6.45) is 1.85. The molecule has 0 saturated carbocycles. The first-order valence-corrected chi connectivity index (χ1v) is 15.3. The van der Waals surface area contributed by atoms with E-state index in [4.69, 9.17) is 18.9 Å². The Morgan fingerprint density at radius 2 is 1.58 bits per heavy atom. The first-order chi connectivity index (χ1) is 21.6. The Bertz CT molecular complexity index is 2000. The van der Waals surface area contributed by atoms with Crippen LogP contribution in [0.4, 0.5) is 0 Å². The lowest BCUT2D eigenvalue weighted by Gasteiger charge is -2.25. The van der Waals surface area contributed by atoms with Gasteiger partial charge in [0.1, 0.15) is 0 Å². The summed E-state index contributed by atoms with van der Waals surface area (Å²) in [5.74, 6) is 0.0924. The number of hydrogen-bond donors (Lipinski definition) is 0. The number of aromatic nitrogens is 2. The predicted octanol–water partition coefficient (Wildman–Crippen LogP) is 4.40. The lowest BCUT2D eigenvalue weighted by atomic mass is 9.95. The first kappa shape index (κ1) is 31.5. The van der Waals surface area contributed by atoms with Crippen molar-refractivity contribution in [2.75, 3.05) is 27.4 Å². The van der Waals surface area contributed by atoms with Crippen LogP contribution >= 0.6 is 11.3 Å². The second kappa shape index (κ2) is 13.0. The molecule has 2 aromatic carbocycles. The maximum absolute atomic E-state index is 14.1. The monoisotopic (exact) mass is 629 g/mol. The van der Waals surface area contributed by atoms with Crippen LogP contribution in [0.1, 0.15) is 59.7 Å². The van der Waals surface area contributed by atoms with Crippen LogP contribution in [0.3, 0.4) is 0 Å². The largest absolute Gasteiger partial charge is 0.493 e. The highest BCUT2D eigenvalue weighted by atomic mass is 32.1. The summed E-state index contributed by atoms with van der Waals surface area (Å²) in [5, 5.41) is 0. The number of thiazole rings is 1. The number of ether oxygens (including phenoxy) is 4. The van der Waals surface area contributed by atoms with Gasteiger partial charge in [-0.05, 0) is 94.3 Å². The molecule has 234 valence electrons. The second-order valence-electron chi connectivity index (χ2n) is 10.3. The second-order valence-corrected chi connectivity index (χ2v) is 11.4. The molecule has 10 nitrogen and oxygen atoms in total. The van der Waals surface area contributed by atoms with Crippen molar-refractivity contribution in [3.8, 4) is 17.2 Å². The third-order valence-electron chi connectivity index (χ3n) is 7.63. The Labute approximate surface area is 264 Å². The molecule has 1 atom stereocenters. The van der Waals surface area contributed by atoms with Crippen LogP contribution in [0.25, 0.3) is 11.8 Å². The van der Waals surface area contributed by atoms with Gasteiger partial charge < -0.3 is 23.5 Å². The molecular formula is C34H35N3O7S. The van der Waals surface area contributed by atoms with E-state index in [2.05, 4.69) is 9.56 Å². The molecule has 0 unspecified atom stereocenters. The van der Waals surface area contributed by atoms with E-state index in [1.807, 2.05) is 44.2 Å². The van der Waals surface area contributed by atoms with Crippen LogP contribution in [0.15, 0.2) is 69.6 Å². The summed E-state index contributed by atoms with van der Waals surface area (Å²) in [6.45, 7) is 9.71. The molecule has 0 bridgehead atoms. The number of nitrogens with zero attached hydrogens (tertiary/aromatic N) is 3. The first-order valence-electron chi connectivity index (χ1n) is 14.5. The van der Waals surface area contributed by atoms with E-state index in [9.17, 15) is 14.4 Å². The number of methoxy groups -OCH3 is 2. The minimum Gasteiger partial charge on any atom is -0.493 e. The molecule has 2 aromatic heterocycles. The van der Waals surface area contributed by atoms with E-state index in [1.54, 1.807) is 56.7 Å². The van der Waals surface area contributed by atoms with Gasteiger partial charge in [0, 0.05) is 17.1 Å². The molecule has 11 heteroatoms. The lowest BCUT2D eigenvalue weighted by molar-refractivity contribution is -0.139. The fraction of sp³-hybridized carbons (Fsp3) is 0.294. The fourth-order valence-corrected chi connectivity index (χ4v) is 6.60. The maximum atomic E-state index is 14.1. The van der Waals surface area contributed by atoms with Crippen LogP contribution in [-0.2, 0) is 14.3 Å². The number of aryl methyl sites for hydroxylation is 1. The molecular weight excluding hydrogens is 594 g/mol. The number of hydrogen-bond acceptors (Lipinski definition) is 9. The topological polar surface area (TPSA) is 110 Å². The highest BCUT2D eigenvalue weighted by Gasteiger charge is 2.34. The summed E-state index contributed by atoms with van der Waals surface area (Å²) < 4.78 is 25.5. The highest BCUT2D eigenvalue weighted by molar-refractivity contribution is 7.07. The zero-order valence-corrected chi connectivity index (χ0v) is 27.1. The molecule has 0 N–H and O–H groups in total. The van der Waals surface area contributed by atoms with Crippen LogP contribution in [0, 0.1) is 13.8 Å². The van der Waals surface area contributed by atoms with Crippen molar-refractivity contribution < 1.29 is 28.5 Å². The third kappa shape index (κ3) is 5.83. The predicted molar refractivity (Wildman–Crippen MR) is 171 cm³/mol. The molecule has 1 aliphatic heterocycles. The minimum atomic E-state index is -0.785. The summed E-state index contributed by atoms with van der Waals surface area (Å²) in [5.41, 5.74) is 5.22. The number of esters is 2. The smallest absolute Gasteiger partial charge is 0.338 e. The van der Waals surface area contributed by atoms with E-state index in [-0.39, 0.29) is 23.7 Å². The zero-order valence-electron chi connectivity index (χ0n) is 26.3. The Kier molecular flexibility index (Phi) is 9.10. The van der Waals surface area contributed by atoms with Crippen LogP contribution < -0.4 is 24.4 Å². The van der Waals surface area contributed by atoms with Gasteiger partial charge in [0.15, 0.2) is 16.3 Å². The summed E-state index contributed by atoms with van der Waals surface area (Å²) in [7, 11) is 3.08. The number of carbonyl (C=O) groups excluding carboxylic acids is 2. The fourth-order valence-electron chi connectivity index (χ4n) is 5.56. The molecule has 0 saturated heterocycles. The van der Waals surface area contributed by atoms with Gasteiger partial charge in [-0.3, -0.25) is 9.36 Å². The Balaban J connectivity index is 1.63. The normalized spacial score (nSPS) is 14.6. The van der Waals surface area contributed by atoms with Crippen LogP contribution in [0.2, 0.25) is 0 Å². The third-order valence-corrected chi connectivity index (χ3v) is 8.62. The molecule has 45 heavy (non-hydrogen) atoms. The van der Waals surface area contributed by atoms with Crippen molar-refractivity contribution in [1.82, 2.24) is 9.13 Å². The molecule has 0 aliphatic carbocycles. The summed E-state index contributed by atoms with van der Waals surface area (Å²) in [4.78, 5) is 44.7. The van der Waals surface area contributed by atoms with Gasteiger partial charge in [-0.1, -0.05) is 17.4 Å². The average Bonchev–Trinajstić information content (AvgIpc) is 3.49. The van der Waals surface area contributed by atoms with E-state index in [0.717, 1.165) is 22.6 Å². The van der Waals surface area contributed by atoms with Crippen molar-refractivity contribution in [3.63, 3.8) is 0 Å². The minimum absolute atomic E-state index is 0.180. The van der Waals surface area contributed by atoms with E-state index < -0.39 is 12.0 Å². The van der Waals surface area contributed by atoms with E-state index in [1.165, 1.54) is 18.4 Å². The van der Waals surface area contributed by atoms with E-state index >= 15 is 0 Å². The average molecular weight is 630 g/mol. The molecule has 0 fully saturated rings. The van der Waals surface area contributed by atoms with Gasteiger partial charge in [0.05, 0.1) is 54.8 Å². The highest BCUT2D eigenvalue weighted by Crippen LogP contribution is 2.36. The Morgan fingerprint density at radius 3 is 2.22 bits per heavy atom. The van der Waals surface area contributed by atoms with Crippen molar-refractivity contribution >= 4 is 29.4 Å². The van der Waals surface area contributed by atoms with Crippen molar-refractivity contribution in [3.05, 3.63) is 108 Å². The molecule has 4 aromatic rings. The van der Waals surface area contributed by atoms with Gasteiger partial charge in [0.25, 0.3) is 5.56 Å². The number of benzene rings is 2. The summed E-state index contributed by atoms with van der Waals surface area (Å²) in [6, 6.07) is 13.8. The van der Waals surface area contributed by atoms with Gasteiger partial charge >= 0.3 is 11.9 Å². The van der Waals surface area contributed by atoms with E-state index in [0.29, 0.717) is 44.3 Å². The van der Waals surface area contributed by atoms with Gasteiger partial charge in [-0.15, -0.1) is 0 Å². The molecule has 0 radical (unpaired) electrons. The molecule has 3 heterocycles. The zero-order chi connectivity index (χ0) is 32.4. The van der Waals surface area contributed by atoms with Crippen molar-refractivity contribution in [2.45, 2.75) is 40.7 Å². The maximum Gasteiger partial charge on any atom is 0.338 e. The molecule has 5 rings (SSSR count). The van der Waals surface area contributed by atoms with Gasteiger partial charge in [-0.2, -0.15) is 0 Å². The van der Waals surface area contributed by atoms with Crippen LogP contribution in [0.5, 0.6) is 11.5 Å². The lowest BCUT2D eigenvalue weighted by Crippen LogP contribution is -2.40. The number of rotatable bonds is 9. The number of allylic oxidation sites excluding steroid dienone is 1. The van der Waals surface area contributed by atoms with Crippen molar-refractivity contribution in [1.29, 1.82) is 0 Å². The number of carbonyl (C=O) groups is 2. The molecule has 1 aliphatic rings. The SMILES string of the molecule is CCOC(=O)C1=C(C)N=c2s/c(=C\c3cc(C)n(-c4ccc(C(=O)OCC)cc4)c3C)c(=O)n2[C@H]1c1ccc(OC)c(OC)c1. The number of fused-ring (bicyclic) bond motifs is 1. The summed E-state index contributed by atoms with van der Waals surface area (Å²) >= 11 is 1.26. The Morgan fingerprint density at radius 1 is 0.911 bits per heavy atom. The van der Waals surface area contributed by atoms with Gasteiger partial charge in [0.2, 0.25) is 0 Å².